The summed E-state index contributed by atoms with van der Waals surface area (Å²) in [5, 5.41) is 9.83. The zero-order chi connectivity index (χ0) is 21.5. The van der Waals surface area contributed by atoms with Gasteiger partial charge < -0.3 is 9.88 Å². The van der Waals surface area contributed by atoms with Crippen LogP contribution in [-0.2, 0) is 17.1 Å². The Labute approximate surface area is 183 Å². The number of benzene rings is 2. The number of nitriles is 1. The molecule has 1 amide bonds. The summed E-state index contributed by atoms with van der Waals surface area (Å²) in [7, 11) is 0. The van der Waals surface area contributed by atoms with Crippen molar-refractivity contribution in [2.24, 2.45) is 0 Å². The summed E-state index contributed by atoms with van der Waals surface area (Å²) >= 11 is 7.53. The number of nitrogens with one attached hydrogen (secondary N) is 1. The van der Waals surface area contributed by atoms with Gasteiger partial charge in [-0.25, -0.2) is 4.98 Å². The van der Waals surface area contributed by atoms with Crippen LogP contribution in [0.5, 0.6) is 0 Å². The monoisotopic (exact) mass is 440 g/mol. The van der Waals surface area contributed by atoms with E-state index in [-0.39, 0.29) is 18.0 Å². The maximum atomic E-state index is 12.8. The fourth-order valence-corrected chi connectivity index (χ4v) is 4.06. The number of amides is 1. The van der Waals surface area contributed by atoms with E-state index in [1.165, 1.54) is 11.8 Å². The maximum Gasteiger partial charge on any atom is 0.258 e. The Morgan fingerprint density at radius 3 is 2.73 bits per heavy atom. The molecule has 0 saturated carbocycles. The highest BCUT2D eigenvalue weighted by Crippen LogP contribution is 2.16. The largest absolute Gasteiger partial charge is 0.335 e. The average Bonchev–Trinajstić information content (AvgIpc) is 2.73. The predicted molar refractivity (Wildman–Crippen MR) is 120 cm³/mol. The molecular formula is C22H21ClN4O2S. The second kappa shape index (κ2) is 10.3. The number of aromatic amines is 1. The quantitative estimate of drug-likeness (QED) is 0.569. The van der Waals surface area contributed by atoms with Crippen LogP contribution in [0, 0.1) is 11.3 Å². The molecule has 1 heterocycles. The molecule has 0 aliphatic carbocycles. The summed E-state index contributed by atoms with van der Waals surface area (Å²) in [6.45, 7) is 2.82. The Morgan fingerprint density at radius 1 is 1.27 bits per heavy atom. The minimum atomic E-state index is -0.245. The van der Waals surface area contributed by atoms with Gasteiger partial charge in [0.2, 0.25) is 5.91 Å². The van der Waals surface area contributed by atoms with Crippen molar-refractivity contribution < 1.29 is 4.79 Å². The lowest BCUT2D eigenvalue weighted by Gasteiger charge is -2.21. The Kier molecular flexibility index (Phi) is 7.50. The maximum absolute atomic E-state index is 12.8. The first-order valence-electron chi connectivity index (χ1n) is 9.53. The van der Waals surface area contributed by atoms with E-state index in [2.05, 4.69) is 16.0 Å². The van der Waals surface area contributed by atoms with Gasteiger partial charge in [-0.2, -0.15) is 5.26 Å². The zero-order valence-electron chi connectivity index (χ0n) is 16.5. The molecule has 0 spiro atoms. The summed E-state index contributed by atoms with van der Waals surface area (Å²) in [4.78, 5) is 34.0. The summed E-state index contributed by atoms with van der Waals surface area (Å²) < 4.78 is 0. The Morgan fingerprint density at radius 2 is 2.03 bits per heavy atom. The molecule has 30 heavy (non-hydrogen) atoms. The van der Waals surface area contributed by atoms with Crippen LogP contribution >= 0.6 is 23.4 Å². The van der Waals surface area contributed by atoms with Crippen molar-refractivity contribution in [2.45, 2.75) is 25.6 Å². The highest BCUT2D eigenvalue weighted by atomic mass is 35.5. The molecule has 154 valence electrons. The molecular weight excluding hydrogens is 420 g/mol. The molecule has 1 aromatic heterocycles. The van der Waals surface area contributed by atoms with Gasteiger partial charge in [-0.3, -0.25) is 9.59 Å². The average molecular weight is 441 g/mol. The van der Waals surface area contributed by atoms with Gasteiger partial charge in [0, 0.05) is 17.3 Å². The van der Waals surface area contributed by atoms with Crippen LogP contribution in [0.4, 0.5) is 0 Å². The summed E-state index contributed by atoms with van der Waals surface area (Å²) in [6.07, 6.45) is 0.801. The van der Waals surface area contributed by atoms with Crippen LogP contribution in [0.3, 0.4) is 0 Å². The second-order valence-electron chi connectivity index (χ2n) is 6.79. The van der Waals surface area contributed by atoms with E-state index < -0.39 is 0 Å². The van der Waals surface area contributed by atoms with Crippen LogP contribution in [0.15, 0.2) is 47.3 Å². The van der Waals surface area contributed by atoms with E-state index in [9.17, 15) is 9.59 Å². The predicted octanol–water partition coefficient (Wildman–Crippen LogP) is 4.12. The number of rotatable bonds is 8. The van der Waals surface area contributed by atoms with E-state index in [1.54, 1.807) is 35.2 Å². The van der Waals surface area contributed by atoms with Crippen LogP contribution in [0.1, 0.15) is 30.3 Å². The molecule has 0 atom stereocenters. The molecule has 2 aromatic carbocycles. The van der Waals surface area contributed by atoms with E-state index in [0.29, 0.717) is 45.4 Å². The molecule has 0 unspecified atom stereocenters. The lowest BCUT2D eigenvalue weighted by molar-refractivity contribution is -0.129. The third-order valence-electron chi connectivity index (χ3n) is 4.48. The van der Waals surface area contributed by atoms with Crippen molar-refractivity contribution in [1.29, 1.82) is 5.26 Å². The van der Waals surface area contributed by atoms with Crippen LogP contribution < -0.4 is 5.56 Å². The molecule has 3 rings (SSSR count). The van der Waals surface area contributed by atoms with Gasteiger partial charge >= 0.3 is 0 Å². The molecule has 0 radical (unpaired) electrons. The van der Waals surface area contributed by atoms with Crippen LogP contribution in [-0.4, -0.2) is 33.1 Å². The smallest absolute Gasteiger partial charge is 0.258 e. The fourth-order valence-electron chi connectivity index (χ4n) is 3.00. The zero-order valence-corrected chi connectivity index (χ0v) is 18.1. The number of carbonyl (C=O) groups is 1. The van der Waals surface area contributed by atoms with Gasteiger partial charge in [-0.05, 0) is 42.3 Å². The van der Waals surface area contributed by atoms with E-state index in [0.717, 1.165) is 12.0 Å². The van der Waals surface area contributed by atoms with Crippen LogP contribution in [0.2, 0.25) is 5.02 Å². The van der Waals surface area contributed by atoms with E-state index in [1.807, 2.05) is 19.1 Å². The summed E-state index contributed by atoms with van der Waals surface area (Å²) in [5.41, 5.74) is 1.95. The van der Waals surface area contributed by atoms with Gasteiger partial charge in [0.15, 0.2) is 0 Å². The van der Waals surface area contributed by atoms with Crippen molar-refractivity contribution in [3.8, 4) is 6.07 Å². The molecule has 0 fully saturated rings. The topological polar surface area (TPSA) is 89.8 Å². The molecule has 0 bridgehead atoms. The number of halogens is 1. The molecule has 3 aromatic rings. The van der Waals surface area contributed by atoms with Gasteiger partial charge in [-0.15, -0.1) is 11.8 Å². The first-order valence-corrected chi connectivity index (χ1v) is 11.1. The van der Waals surface area contributed by atoms with E-state index in [4.69, 9.17) is 16.9 Å². The number of carbonyl (C=O) groups excluding carboxylic acids is 1. The minimum absolute atomic E-state index is 0.00987. The molecule has 1 N–H and O–H groups in total. The highest BCUT2D eigenvalue weighted by molar-refractivity contribution is 7.99. The Hall–Kier alpha value is -2.82. The van der Waals surface area contributed by atoms with Gasteiger partial charge in [0.05, 0.1) is 34.8 Å². The first-order chi connectivity index (χ1) is 14.5. The van der Waals surface area contributed by atoms with Gasteiger partial charge in [0.1, 0.15) is 5.82 Å². The molecule has 0 aliphatic heterocycles. The van der Waals surface area contributed by atoms with Gasteiger partial charge in [-0.1, -0.05) is 30.7 Å². The Bertz CT molecular complexity index is 1140. The van der Waals surface area contributed by atoms with Gasteiger partial charge in [0.25, 0.3) is 5.56 Å². The number of nitrogens with zero attached hydrogens (tertiary/aromatic N) is 3. The fraction of sp³-hybridized carbons (Fsp3) is 0.273. The number of hydrogen-bond acceptors (Lipinski definition) is 5. The minimum Gasteiger partial charge on any atom is -0.335 e. The lowest BCUT2D eigenvalue weighted by atomic mass is 10.2. The number of thioether (sulfide) groups is 1. The van der Waals surface area contributed by atoms with Crippen LogP contribution in [0.25, 0.3) is 10.9 Å². The molecule has 0 saturated heterocycles. The SMILES string of the molecule is CCCN(Cc1nc2cc(Cl)ccc2c(=O)[nH]1)C(=O)CSCc1ccc(C#N)cc1. The molecule has 0 aliphatic rings. The summed E-state index contributed by atoms with van der Waals surface area (Å²) in [5.74, 6) is 1.43. The number of aromatic nitrogens is 2. The normalized spacial score (nSPS) is 10.7. The van der Waals surface area contributed by atoms with Crippen molar-refractivity contribution in [1.82, 2.24) is 14.9 Å². The number of hydrogen-bond donors (Lipinski definition) is 1. The number of H-pyrrole nitrogens is 1. The molecule has 6 nitrogen and oxygen atoms in total. The van der Waals surface area contributed by atoms with Crippen molar-refractivity contribution in [3.63, 3.8) is 0 Å². The Balaban J connectivity index is 1.66. The summed E-state index contributed by atoms with van der Waals surface area (Å²) in [6, 6.07) is 14.4. The number of fused-ring (bicyclic) bond motifs is 1. The molecule has 8 heteroatoms. The second-order valence-corrected chi connectivity index (χ2v) is 8.21. The highest BCUT2D eigenvalue weighted by Gasteiger charge is 2.15. The van der Waals surface area contributed by atoms with E-state index >= 15 is 0 Å². The standard InChI is InChI=1S/C22H21ClN4O2S/c1-2-9-27(21(28)14-30-13-16-5-3-15(11-24)4-6-16)12-20-25-19-10-17(23)7-8-18(19)22(29)26-20/h3-8,10H,2,9,12-14H2,1H3,(H,25,26,29). The first kappa shape index (κ1) is 21.9. The van der Waals surface area contributed by atoms with Crippen molar-refractivity contribution in [3.05, 3.63) is 74.8 Å². The third kappa shape index (κ3) is 5.62. The lowest BCUT2D eigenvalue weighted by Crippen LogP contribution is -2.34. The van der Waals surface area contributed by atoms with Crippen molar-refractivity contribution in [2.75, 3.05) is 12.3 Å². The third-order valence-corrected chi connectivity index (χ3v) is 5.71. The van der Waals surface area contributed by atoms with Crippen molar-refractivity contribution >= 4 is 40.2 Å².